The molecule has 0 bridgehead atoms. The van der Waals surface area contributed by atoms with Gasteiger partial charge in [-0.1, -0.05) is 46.3 Å². The second kappa shape index (κ2) is 7.05. The number of hydrogen-bond donors (Lipinski definition) is 0. The summed E-state index contributed by atoms with van der Waals surface area (Å²) in [5.74, 6) is 0.513. The molecule has 0 aliphatic rings. The highest BCUT2D eigenvalue weighted by Gasteiger charge is 2.14. The van der Waals surface area contributed by atoms with Gasteiger partial charge in [-0.3, -0.25) is 10.1 Å². The zero-order valence-electron chi connectivity index (χ0n) is 10.8. The molecule has 0 aromatic heterocycles. The average molecular weight is 336 g/mol. The molecule has 0 spiro atoms. The van der Waals surface area contributed by atoms with Crippen LogP contribution in [-0.2, 0) is 13.0 Å². The molecule has 0 heterocycles. The number of rotatable bonds is 6. The standard InChI is InChI=1S/C15H14BrNO3/c16-9-8-13-6-7-14(10-15(13)17(18)19)20-11-12-4-2-1-3-5-12/h1-7,10H,8-9,11H2. The Labute approximate surface area is 125 Å². The van der Waals surface area contributed by atoms with Crippen molar-refractivity contribution in [2.24, 2.45) is 0 Å². The fourth-order valence-electron chi connectivity index (χ4n) is 1.86. The van der Waals surface area contributed by atoms with Gasteiger partial charge in [-0.15, -0.1) is 0 Å². The molecule has 2 aromatic carbocycles. The number of halogens is 1. The van der Waals surface area contributed by atoms with E-state index in [1.165, 1.54) is 6.07 Å². The van der Waals surface area contributed by atoms with Crippen molar-refractivity contribution >= 4 is 21.6 Å². The van der Waals surface area contributed by atoms with Crippen molar-refractivity contribution in [2.45, 2.75) is 13.0 Å². The molecule has 4 nitrogen and oxygen atoms in total. The van der Waals surface area contributed by atoms with Gasteiger partial charge in [0.05, 0.1) is 11.0 Å². The van der Waals surface area contributed by atoms with Gasteiger partial charge in [-0.25, -0.2) is 0 Å². The fourth-order valence-corrected chi connectivity index (χ4v) is 2.28. The van der Waals surface area contributed by atoms with Crippen LogP contribution >= 0.6 is 15.9 Å². The summed E-state index contributed by atoms with van der Waals surface area (Å²) in [6.45, 7) is 0.399. The molecule has 0 radical (unpaired) electrons. The van der Waals surface area contributed by atoms with Gasteiger partial charge in [0.1, 0.15) is 12.4 Å². The topological polar surface area (TPSA) is 52.4 Å². The minimum absolute atomic E-state index is 0.106. The first-order valence-corrected chi connectivity index (χ1v) is 7.33. The van der Waals surface area contributed by atoms with E-state index in [-0.39, 0.29) is 10.6 Å². The molecule has 0 atom stereocenters. The third-order valence-corrected chi connectivity index (χ3v) is 3.26. The minimum Gasteiger partial charge on any atom is -0.489 e. The molecule has 2 rings (SSSR count). The van der Waals surface area contributed by atoms with Gasteiger partial charge < -0.3 is 4.74 Å². The number of nitro benzene ring substituents is 1. The first kappa shape index (κ1) is 14.5. The molecule has 0 unspecified atom stereocenters. The summed E-state index contributed by atoms with van der Waals surface area (Å²) in [6.07, 6.45) is 0.620. The number of benzene rings is 2. The summed E-state index contributed by atoms with van der Waals surface area (Å²) in [4.78, 5) is 10.7. The van der Waals surface area contributed by atoms with Crippen LogP contribution in [-0.4, -0.2) is 10.3 Å². The molecule has 0 amide bonds. The summed E-state index contributed by atoms with van der Waals surface area (Å²) >= 11 is 3.30. The molecule has 0 N–H and O–H groups in total. The summed E-state index contributed by atoms with van der Waals surface area (Å²) < 4.78 is 5.60. The van der Waals surface area contributed by atoms with Gasteiger partial charge in [0.2, 0.25) is 0 Å². The van der Waals surface area contributed by atoms with Gasteiger partial charge in [-0.05, 0) is 24.1 Å². The van der Waals surface area contributed by atoms with Crippen molar-refractivity contribution in [1.82, 2.24) is 0 Å². The number of nitro groups is 1. The van der Waals surface area contributed by atoms with E-state index < -0.39 is 0 Å². The molecule has 0 aliphatic carbocycles. The third-order valence-electron chi connectivity index (χ3n) is 2.87. The van der Waals surface area contributed by atoms with Crippen LogP contribution in [0, 0.1) is 10.1 Å². The second-order valence-corrected chi connectivity index (χ2v) is 5.05. The van der Waals surface area contributed by atoms with E-state index in [0.29, 0.717) is 29.7 Å². The van der Waals surface area contributed by atoms with Gasteiger partial charge in [-0.2, -0.15) is 0 Å². The Morgan fingerprint density at radius 3 is 2.55 bits per heavy atom. The molecular formula is C15H14BrNO3. The number of hydrogen-bond acceptors (Lipinski definition) is 3. The maximum absolute atomic E-state index is 11.1. The Morgan fingerprint density at radius 2 is 1.90 bits per heavy atom. The van der Waals surface area contributed by atoms with Gasteiger partial charge in [0, 0.05) is 10.9 Å². The highest BCUT2D eigenvalue weighted by molar-refractivity contribution is 9.09. The second-order valence-electron chi connectivity index (χ2n) is 4.26. The van der Waals surface area contributed by atoms with E-state index in [2.05, 4.69) is 15.9 Å². The molecule has 0 aliphatic heterocycles. The molecule has 0 fully saturated rings. The maximum Gasteiger partial charge on any atom is 0.276 e. The summed E-state index contributed by atoms with van der Waals surface area (Å²) in [5.41, 5.74) is 1.84. The van der Waals surface area contributed by atoms with E-state index in [9.17, 15) is 10.1 Å². The third kappa shape index (κ3) is 3.81. The van der Waals surface area contributed by atoms with E-state index in [1.54, 1.807) is 12.1 Å². The predicted octanol–water partition coefficient (Wildman–Crippen LogP) is 4.11. The lowest BCUT2D eigenvalue weighted by molar-refractivity contribution is -0.385. The van der Waals surface area contributed by atoms with E-state index >= 15 is 0 Å². The van der Waals surface area contributed by atoms with Crippen LogP contribution in [0.5, 0.6) is 5.75 Å². The maximum atomic E-state index is 11.1. The highest BCUT2D eigenvalue weighted by Crippen LogP contribution is 2.26. The lowest BCUT2D eigenvalue weighted by Crippen LogP contribution is -1.99. The van der Waals surface area contributed by atoms with Gasteiger partial charge in [0.25, 0.3) is 5.69 Å². The Hall–Kier alpha value is -1.88. The summed E-state index contributed by atoms with van der Waals surface area (Å²) in [7, 11) is 0. The quantitative estimate of drug-likeness (QED) is 0.453. The average Bonchev–Trinajstić information content (AvgIpc) is 2.47. The van der Waals surface area contributed by atoms with Crippen molar-refractivity contribution in [3.05, 3.63) is 69.8 Å². The summed E-state index contributed by atoms with van der Waals surface area (Å²) in [5, 5.41) is 11.8. The highest BCUT2D eigenvalue weighted by atomic mass is 79.9. The van der Waals surface area contributed by atoms with Crippen LogP contribution in [0.3, 0.4) is 0 Å². The van der Waals surface area contributed by atoms with Crippen LogP contribution in [0.15, 0.2) is 48.5 Å². The number of nitrogens with zero attached hydrogens (tertiary/aromatic N) is 1. The Bertz CT molecular complexity index is 587. The lowest BCUT2D eigenvalue weighted by atomic mass is 10.1. The van der Waals surface area contributed by atoms with Crippen molar-refractivity contribution in [3.63, 3.8) is 0 Å². The van der Waals surface area contributed by atoms with Gasteiger partial charge in [0.15, 0.2) is 0 Å². The van der Waals surface area contributed by atoms with Crippen LogP contribution in [0.25, 0.3) is 0 Å². The molecular weight excluding hydrogens is 322 g/mol. The van der Waals surface area contributed by atoms with Gasteiger partial charge >= 0.3 is 0 Å². The Balaban J connectivity index is 2.13. The molecule has 104 valence electrons. The molecule has 20 heavy (non-hydrogen) atoms. The molecule has 0 saturated carbocycles. The first-order chi connectivity index (χ1) is 9.70. The van der Waals surface area contributed by atoms with E-state index in [1.807, 2.05) is 30.3 Å². The zero-order valence-corrected chi connectivity index (χ0v) is 12.4. The van der Waals surface area contributed by atoms with Crippen LogP contribution in [0.4, 0.5) is 5.69 Å². The zero-order chi connectivity index (χ0) is 14.4. The largest absolute Gasteiger partial charge is 0.489 e. The van der Waals surface area contributed by atoms with E-state index in [4.69, 9.17) is 4.74 Å². The molecule has 0 saturated heterocycles. The Morgan fingerprint density at radius 1 is 1.15 bits per heavy atom. The lowest BCUT2D eigenvalue weighted by Gasteiger charge is -2.08. The van der Waals surface area contributed by atoms with Crippen molar-refractivity contribution in [2.75, 3.05) is 5.33 Å². The summed E-state index contributed by atoms with van der Waals surface area (Å²) in [6, 6.07) is 14.7. The number of aryl methyl sites for hydroxylation is 1. The SMILES string of the molecule is O=[N+]([O-])c1cc(OCc2ccccc2)ccc1CCBr. The monoisotopic (exact) mass is 335 g/mol. The normalized spacial score (nSPS) is 10.2. The smallest absolute Gasteiger partial charge is 0.276 e. The fraction of sp³-hybridized carbons (Fsp3) is 0.200. The van der Waals surface area contributed by atoms with Crippen LogP contribution in [0.1, 0.15) is 11.1 Å². The van der Waals surface area contributed by atoms with Crippen molar-refractivity contribution < 1.29 is 9.66 Å². The minimum atomic E-state index is -0.368. The van der Waals surface area contributed by atoms with Crippen molar-refractivity contribution in [1.29, 1.82) is 0 Å². The molecule has 5 heteroatoms. The molecule has 2 aromatic rings. The van der Waals surface area contributed by atoms with Crippen LogP contribution < -0.4 is 4.74 Å². The predicted molar refractivity (Wildman–Crippen MR) is 81.4 cm³/mol. The van der Waals surface area contributed by atoms with Crippen molar-refractivity contribution in [3.8, 4) is 5.75 Å². The van der Waals surface area contributed by atoms with Crippen LogP contribution in [0.2, 0.25) is 0 Å². The first-order valence-electron chi connectivity index (χ1n) is 6.20. The van der Waals surface area contributed by atoms with E-state index in [0.717, 1.165) is 5.56 Å². The number of ether oxygens (including phenoxy) is 1. The number of alkyl halides is 1. The Kier molecular flexibility index (Phi) is 5.12.